The van der Waals surface area contributed by atoms with E-state index in [2.05, 4.69) is 15.6 Å². The number of aliphatic imine (C=N–C) groups is 1. The third-order valence-corrected chi connectivity index (χ3v) is 4.36. The van der Waals surface area contributed by atoms with Crippen molar-refractivity contribution in [3.8, 4) is 0 Å². The van der Waals surface area contributed by atoms with E-state index in [4.69, 9.17) is 20.8 Å². The Balaban J connectivity index is 2.04. The molecule has 0 fully saturated rings. The lowest BCUT2D eigenvalue weighted by atomic mass is 10.0. The molecule has 27 heavy (non-hydrogen) atoms. The molecule has 0 aliphatic heterocycles. The molecule has 1 aromatic heterocycles. The molecule has 0 spiro atoms. The SMILES string of the molecule is CCNC(=NCC(C)(O)c1ccc(C)o1)NCC(OC)c1cccc(Cl)c1. The fraction of sp³-hybridized carbons (Fsp3) is 0.450. The predicted molar refractivity (Wildman–Crippen MR) is 108 cm³/mol. The average Bonchev–Trinajstić information content (AvgIpc) is 3.07. The Morgan fingerprint density at radius 1 is 1.33 bits per heavy atom. The van der Waals surface area contributed by atoms with Crippen LogP contribution >= 0.6 is 11.6 Å². The highest BCUT2D eigenvalue weighted by Gasteiger charge is 2.26. The zero-order valence-corrected chi connectivity index (χ0v) is 17.0. The van der Waals surface area contributed by atoms with E-state index in [1.165, 1.54) is 0 Å². The van der Waals surface area contributed by atoms with Gasteiger partial charge in [-0.1, -0.05) is 23.7 Å². The van der Waals surface area contributed by atoms with Crippen LogP contribution in [0, 0.1) is 6.92 Å². The third-order valence-electron chi connectivity index (χ3n) is 4.12. The Hall–Kier alpha value is -2.02. The lowest BCUT2D eigenvalue weighted by Gasteiger charge is -2.21. The molecule has 0 aliphatic rings. The summed E-state index contributed by atoms with van der Waals surface area (Å²) in [6.07, 6.45) is -0.180. The maximum atomic E-state index is 10.7. The minimum atomic E-state index is -1.19. The van der Waals surface area contributed by atoms with Crippen molar-refractivity contribution in [1.82, 2.24) is 10.6 Å². The van der Waals surface area contributed by atoms with Crippen molar-refractivity contribution < 1.29 is 14.3 Å². The number of nitrogens with one attached hydrogen (secondary N) is 2. The van der Waals surface area contributed by atoms with Crippen LogP contribution in [-0.4, -0.2) is 37.8 Å². The third kappa shape index (κ3) is 6.27. The van der Waals surface area contributed by atoms with E-state index >= 15 is 0 Å². The van der Waals surface area contributed by atoms with Crippen LogP contribution in [-0.2, 0) is 10.3 Å². The average molecular weight is 394 g/mol. The zero-order valence-electron chi connectivity index (χ0n) is 16.3. The van der Waals surface area contributed by atoms with Crippen LogP contribution in [0.1, 0.15) is 37.0 Å². The van der Waals surface area contributed by atoms with Gasteiger partial charge in [-0.05, 0) is 50.6 Å². The fourth-order valence-corrected chi connectivity index (χ4v) is 2.81. The lowest BCUT2D eigenvalue weighted by Crippen LogP contribution is -2.40. The van der Waals surface area contributed by atoms with E-state index in [9.17, 15) is 5.11 Å². The van der Waals surface area contributed by atoms with Gasteiger partial charge in [-0.2, -0.15) is 0 Å². The quantitative estimate of drug-likeness (QED) is 0.473. The highest BCUT2D eigenvalue weighted by Crippen LogP contribution is 2.23. The van der Waals surface area contributed by atoms with Gasteiger partial charge in [0.05, 0.1) is 12.6 Å². The Morgan fingerprint density at radius 3 is 2.70 bits per heavy atom. The highest BCUT2D eigenvalue weighted by molar-refractivity contribution is 6.30. The molecule has 3 N–H and O–H groups in total. The van der Waals surface area contributed by atoms with Crippen molar-refractivity contribution in [3.05, 3.63) is 58.5 Å². The van der Waals surface area contributed by atoms with Crippen molar-refractivity contribution in [2.24, 2.45) is 4.99 Å². The minimum absolute atomic E-state index is 0.157. The van der Waals surface area contributed by atoms with Gasteiger partial charge in [0.1, 0.15) is 17.1 Å². The van der Waals surface area contributed by atoms with E-state index in [0.717, 1.165) is 11.3 Å². The standard InChI is InChI=1S/C20H28ClN3O3/c1-5-22-19(24-13-20(3,25)18-10-9-14(2)27-18)23-12-17(26-4)15-7-6-8-16(21)11-15/h6-11,17,25H,5,12-13H2,1-4H3,(H2,22,23,24). The Kier molecular flexibility index (Phi) is 7.71. The summed E-state index contributed by atoms with van der Waals surface area (Å²) in [6, 6.07) is 11.2. The molecular formula is C20H28ClN3O3. The van der Waals surface area contributed by atoms with Gasteiger partial charge in [-0.25, -0.2) is 4.99 Å². The Labute approximate surface area is 165 Å². The van der Waals surface area contributed by atoms with E-state index < -0.39 is 5.60 Å². The number of methoxy groups -OCH3 is 1. The number of guanidine groups is 1. The van der Waals surface area contributed by atoms with Crippen molar-refractivity contribution in [2.45, 2.75) is 32.5 Å². The van der Waals surface area contributed by atoms with Crippen molar-refractivity contribution >= 4 is 17.6 Å². The second-order valence-corrected chi connectivity index (χ2v) is 6.98. The van der Waals surface area contributed by atoms with Crippen molar-refractivity contribution in [1.29, 1.82) is 0 Å². The number of furan rings is 1. The molecule has 0 radical (unpaired) electrons. The first-order chi connectivity index (χ1) is 12.9. The van der Waals surface area contributed by atoms with Gasteiger partial charge >= 0.3 is 0 Å². The Morgan fingerprint density at radius 2 is 2.11 bits per heavy atom. The van der Waals surface area contributed by atoms with Gasteiger partial charge in [0, 0.05) is 25.2 Å². The van der Waals surface area contributed by atoms with Gasteiger partial charge in [0.15, 0.2) is 5.96 Å². The number of halogens is 1. The summed E-state index contributed by atoms with van der Waals surface area (Å²) >= 11 is 6.07. The van der Waals surface area contributed by atoms with Crippen LogP contribution in [0.3, 0.4) is 0 Å². The first kappa shape index (κ1) is 21.3. The first-order valence-corrected chi connectivity index (χ1v) is 9.33. The van der Waals surface area contributed by atoms with Crippen LogP contribution in [0.5, 0.6) is 0 Å². The van der Waals surface area contributed by atoms with Crippen LogP contribution < -0.4 is 10.6 Å². The summed E-state index contributed by atoms with van der Waals surface area (Å²) < 4.78 is 11.1. The van der Waals surface area contributed by atoms with E-state index in [0.29, 0.717) is 29.8 Å². The van der Waals surface area contributed by atoms with Gasteiger partial charge in [0.2, 0.25) is 0 Å². The molecule has 1 heterocycles. The number of ether oxygens (including phenoxy) is 1. The van der Waals surface area contributed by atoms with Gasteiger partial charge < -0.3 is 24.9 Å². The van der Waals surface area contributed by atoms with Gasteiger partial charge in [0.25, 0.3) is 0 Å². The monoisotopic (exact) mass is 393 g/mol. The number of aliphatic hydroxyl groups is 1. The highest BCUT2D eigenvalue weighted by atomic mass is 35.5. The summed E-state index contributed by atoms with van der Waals surface area (Å²) in [6.45, 7) is 6.87. The minimum Gasteiger partial charge on any atom is -0.463 e. The van der Waals surface area contributed by atoms with Crippen molar-refractivity contribution in [2.75, 3.05) is 26.7 Å². The van der Waals surface area contributed by atoms with Crippen LogP contribution in [0.4, 0.5) is 0 Å². The molecule has 0 amide bonds. The topological polar surface area (TPSA) is 79.0 Å². The molecule has 1 aromatic carbocycles. The van der Waals surface area contributed by atoms with E-state index in [1.54, 1.807) is 20.1 Å². The second kappa shape index (κ2) is 9.78. The molecular weight excluding hydrogens is 366 g/mol. The van der Waals surface area contributed by atoms with Crippen LogP contribution in [0.2, 0.25) is 5.02 Å². The molecule has 148 valence electrons. The summed E-state index contributed by atoms with van der Waals surface area (Å²) in [5.41, 5.74) is -0.212. The molecule has 6 nitrogen and oxygen atoms in total. The number of hydrogen-bond donors (Lipinski definition) is 3. The number of benzene rings is 1. The Bertz CT molecular complexity index is 758. The summed E-state index contributed by atoms with van der Waals surface area (Å²) in [7, 11) is 1.65. The predicted octanol–water partition coefficient (Wildman–Crippen LogP) is 3.39. The molecule has 2 atom stereocenters. The van der Waals surface area contributed by atoms with Crippen molar-refractivity contribution in [3.63, 3.8) is 0 Å². The molecule has 0 saturated heterocycles. The summed E-state index contributed by atoms with van der Waals surface area (Å²) in [4.78, 5) is 4.49. The van der Waals surface area contributed by atoms with E-state index in [-0.39, 0.29) is 12.6 Å². The first-order valence-electron chi connectivity index (χ1n) is 8.95. The number of rotatable bonds is 8. The number of nitrogens with zero attached hydrogens (tertiary/aromatic N) is 1. The number of hydrogen-bond acceptors (Lipinski definition) is 4. The fourth-order valence-electron chi connectivity index (χ4n) is 2.61. The van der Waals surface area contributed by atoms with Gasteiger partial charge in [-0.3, -0.25) is 0 Å². The molecule has 0 saturated carbocycles. The molecule has 2 aromatic rings. The van der Waals surface area contributed by atoms with Crippen LogP contribution in [0.15, 0.2) is 45.8 Å². The van der Waals surface area contributed by atoms with Crippen LogP contribution in [0.25, 0.3) is 0 Å². The maximum absolute atomic E-state index is 10.7. The molecule has 7 heteroatoms. The normalized spacial score (nSPS) is 15.3. The summed E-state index contributed by atoms with van der Waals surface area (Å²) in [5.74, 6) is 1.84. The molecule has 2 rings (SSSR count). The largest absolute Gasteiger partial charge is 0.463 e. The lowest BCUT2D eigenvalue weighted by molar-refractivity contribution is 0.0428. The zero-order chi connectivity index (χ0) is 19.9. The smallest absolute Gasteiger partial charge is 0.191 e. The number of aryl methyl sites for hydroxylation is 1. The van der Waals surface area contributed by atoms with Gasteiger partial charge in [-0.15, -0.1) is 0 Å². The summed E-state index contributed by atoms with van der Waals surface area (Å²) in [5, 5.41) is 17.7. The van der Waals surface area contributed by atoms with E-state index in [1.807, 2.05) is 44.2 Å². The maximum Gasteiger partial charge on any atom is 0.191 e. The molecule has 0 bridgehead atoms. The molecule has 0 aliphatic carbocycles. The molecule has 2 unspecified atom stereocenters. The second-order valence-electron chi connectivity index (χ2n) is 6.54.